The molecule has 0 aliphatic carbocycles. The van der Waals surface area contributed by atoms with Gasteiger partial charge in [0.25, 0.3) is 0 Å². The molecule has 184 valence electrons. The number of hydrogen-bond acceptors (Lipinski definition) is 6. The molecule has 1 N–H and O–H groups in total. The van der Waals surface area contributed by atoms with Gasteiger partial charge in [0.05, 0.1) is 5.69 Å². The first-order valence-corrected chi connectivity index (χ1v) is 12.7. The van der Waals surface area contributed by atoms with E-state index in [4.69, 9.17) is 39.5 Å². The highest BCUT2D eigenvalue weighted by Crippen LogP contribution is 2.26. The summed E-state index contributed by atoms with van der Waals surface area (Å²) in [5.41, 5.74) is 2.80. The van der Waals surface area contributed by atoms with Crippen molar-refractivity contribution in [1.82, 2.24) is 25.5 Å². The molecule has 1 aromatic heterocycles. The molecule has 35 heavy (non-hydrogen) atoms. The minimum atomic E-state index is 0. The second-order valence-corrected chi connectivity index (χ2v) is 9.71. The third-order valence-electron chi connectivity index (χ3n) is 4.91. The SMILES string of the molecule is Cl.Clc1ccc(COc2ccc(Cl)cc2CNCCCSc2nnnn2-c2ccccc2)c(Cl)c1. The standard InChI is InChI=1S/C24H22Cl3N5OS.ClH/c25-19-9-10-23(33-16-17-7-8-20(26)14-22(17)27)18(13-19)15-28-11-4-12-34-24-29-30-31-32(24)21-5-2-1-3-6-21;/h1-3,5-10,13-14,28H,4,11-12,15-16H2;1H. The third kappa shape index (κ3) is 8.00. The van der Waals surface area contributed by atoms with Crippen LogP contribution in [0.15, 0.2) is 71.9 Å². The van der Waals surface area contributed by atoms with Crippen LogP contribution in [0.3, 0.4) is 0 Å². The topological polar surface area (TPSA) is 64.9 Å². The number of aromatic nitrogens is 4. The van der Waals surface area contributed by atoms with E-state index < -0.39 is 0 Å². The maximum absolute atomic E-state index is 6.26. The van der Waals surface area contributed by atoms with E-state index in [1.807, 2.05) is 54.6 Å². The van der Waals surface area contributed by atoms with Gasteiger partial charge in [-0.15, -0.1) is 17.5 Å². The van der Waals surface area contributed by atoms with Crippen LogP contribution in [0.4, 0.5) is 0 Å². The van der Waals surface area contributed by atoms with E-state index in [1.165, 1.54) is 0 Å². The predicted octanol–water partition coefficient (Wildman–Crippen LogP) is 6.90. The average molecular weight is 571 g/mol. The Balaban J connectivity index is 0.00000342. The summed E-state index contributed by atoms with van der Waals surface area (Å²) in [7, 11) is 0. The summed E-state index contributed by atoms with van der Waals surface area (Å²) in [6.07, 6.45) is 0.948. The number of thioether (sulfide) groups is 1. The maximum atomic E-state index is 6.26. The largest absolute Gasteiger partial charge is 0.489 e. The van der Waals surface area contributed by atoms with Crippen LogP contribution in [-0.4, -0.2) is 32.5 Å². The van der Waals surface area contributed by atoms with Gasteiger partial charge in [0, 0.05) is 38.5 Å². The Labute approximate surface area is 229 Å². The maximum Gasteiger partial charge on any atom is 0.214 e. The third-order valence-corrected chi connectivity index (χ3v) is 6.73. The van der Waals surface area contributed by atoms with Crippen LogP contribution in [-0.2, 0) is 13.2 Å². The lowest BCUT2D eigenvalue weighted by Crippen LogP contribution is -2.16. The number of rotatable bonds is 11. The molecule has 0 fully saturated rings. The molecule has 1 heterocycles. The molecule has 11 heteroatoms. The van der Waals surface area contributed by atoms with Crippen molar-refractivity contribution >= 4 is 59.0 Å². The van der Waals surface area contributed by atoms with Gasteiger partial charge in [-0.25, -0.2) is 0 Å². The summed E-state index contributed by atoms with van der Waals surface area (Å²) in [6.45, 7) is 1.81. The van der Waals surface area contributed by atoms with Gasteiger partial charge in [-0.05, 0) is 65.9 Å². The molecule has 0 amide bonds. The molecule has 0 radical (unpaired) electrons. The van der Waals surface area contributed by atoms with E-state index in [-0.39, 0.29) is 12.4 Å². The predicted molar refractivity (Wildman–Crippen MR) is 146 cm³/mol. The summed E-state index contributed by atoms with van der Waals surface area (Å²) in [4.78, 5) is 0. The first-order chi connectivity index (χ1) is 16.6. The second-order valence-electron chi connectivity index (χ2n) is 7.36. The molecule has 0 atom stereocenters. The number of benzene rings is 3. The average Bonchev–Trinajstić information content (AvgIpc) is 3.31. The molecule has 4 rings (SSSR count). The summed E-state index contributed by atoms with van der Waals surface area (Å²) in [6, 6.07) is 20.8. The Morgan fingerprint density at radius 3 is 2.49 bits per heavy atom. The van der Waals surface area contributed by atoms with Crippen molar-refractivity contribution in [2.24, 2.45) is 0 Å². The van der Waals surface area contributed by atoms with Crippen LogP contribution < -0.4 is 10.1 Å². The number of ether oxygens (including phenoxy) is 1. The minimum absolute atomic E-state index is 0. The summed E-state index contributed by atoms with van der Waals surface area (Å²) in [5, 5.41) is 18.1. The van der Waals surface area contributed by atoms with Crippen molar-refractivity contribution in [1.29, 1.82) is 0 Å². The molecule has 0 unspecified atom stereocenters. The quantitative estimate of drug-likeness (QED) is 0.156. The number of halogens is 4. The van der Waals surface area contributed by atoms with Gasteiger partial charge < -0.3 is 10.1 Å². The van der Waals surface area contributed by atoms with Gasteiger partial charge >= 0.3 is 0 Å². The molecule has 4 aromatic rings. The molecule has 0 aliphatic rings. The van der Waals surface area contributed by atoms with Crippen LogP contribution in [0.2, 0.25) is 15.1 Å². The number of hydrogen-bond donors (Lipinski definition) is 1. The summed E-state index contributed by atoms with van der Waals surface area (Å²) >= 11 is 20.1. The van der Waals surface area contributed by atoms with E-state index in [0.717, 1.165) is 46.4 Å². The van der Waals surface area contributed by atoms with Gasteiger partial charge in [-0.3, -0.25) is 0 Å². The van der Waals surface area contributed by atoms with Crippen molar-refractivity contribution < 1.29 is 4.74 Å². The number of tetrazole rings is 1. The van der Waals surface area contributed by atoms with E-state index >= 15 is 0 Å². The zero-order chi connectivity index (χ0) is 23.8. The highest BCUT2D eigenvalue weighted by Gasteiger charge is 2.10. The van der Waals surface area contributed by atoms with Crippen LogP contribution in [0.5, 0.6) is 5.75 Å². The van der Waals surface area contributed by atoms with E-state index in [1.54, 1.807) is 28.6 Å². The molecule has 3 aromatic carbocycles. The van der Waals surface area contributed by atoms with Crippen LogP contribution >= 0.6 is 59.0 Å². The molecule has 0 saturated carbocycles. The molecule has 0 aliphatic heterocycles. The second kappa shape index (κ2) is 13.9. The Hall–Kier alpha value is -2.00. The van der Waals surface area contributed by atoms with Crippen molar-refractivity contribution in [3.63, 3.8) is 0 Å². The molecular formula is C24H23Cl4N5OS. The first-order valence-electron chi connectivity index (χ1n) is 10.6. The monoisotopic (exact) mass is 569 g/mol. The molecule has 0 spiro atoms. The van der Waals surface area contributed by atoms with Gasteiger partial charge in [0.1, 0.15) is 12.4 Å². The lowest BCUT2D eigenvalue weighted by Gasteiger charge is -2.14. The fourth-order valence-electron chi connectivity index (χ4n) is 3.21. The minimum Gasteiger partial charge on any atom is -0.489 e. The highest BCUT2D eigenvalue weighted by molar-refractivity contribution is 7.99. The summed E-state index contributed by atoms with van der Waals surface area (Å²) < 4.78 is 7.78. The van der Waals surface area contributed by atoms with Gasteiger partial charge in [0.2, 0.25) is 5.16 Å². The van der Waals surface area contributed by atoms with E-state index in [0.29, 0.717) is 28.2 Å². The highest BCUT2D eigenvalue weighted by atomic mass is 35.5. The van der Waals surface area contributed by atoms with E-state index in [9.17, 15) is 0 Å². The Bertz CT molecular complexity index is 1230. The number of nitrogens with zero attached hydrogens (tertiary/aromatic N) is 4. The molecule has 6 nitrogen and oxygen atoms in total. The fourth-order valence-corrected chi connectivity index (χ4v) is 4.69. The molecule has 0 bridgehead atoms. The fraction of sp³-hybridized carbons (Fsp3) is 0.208. The normalized spacial score (nSPS) is 10.7. The van der Waals surface area contributed by atoms with Crippen molar-refractivity contribution in [2.45, 2.75) is 24.7 Å². The molecular weight excluding hydrogens is 548 g/mol. The van der Waals surface area contributed by atoms with Gasteiger partial charge in [0.15, 0.2) is 0 Å². The number of para-hydroxylation sites is 1. The van der Waals surface area contributed by atoms with Crippen LogP contribution in [0.1, 0.15) is 17.5 Å². The number of nitrogens with one attached hydrogen (secondary N) is 1. The van der Waals surface area contributed by atoms with Gasteiger partial charge in [-0.2, -0.15) is 4.68 Å². The Morgan fingerprint density at radius 2 is 1.69 bits per heavy atom. The van der Waals surface area contributed by atoms with Crippen molar-refractivity contribution in [3.05, 3.63) is 92.9 Å². The van der Waals surface area contributed by atoms with E-state index in [2.05, 4.69) is 20.8 Å². The molecule has 0 saturated heterocycles. The van der Waals surface area contributed by atoms with Gasteiger partial charge in [-0.1, -0.05) is 70.8 Å². The Morgan fingerprint density at radius 1 is 0.914 bits per heavy atom. The smallest absolute Gasteiger partial charge is 0.214 e. The zero-order valence-electron chi connectivity index (χ0n) is 18.5. The van der Waals surface area contributed by atoms with Crippen LogP contribution in [0, 0.1) is 0 Å². The lowest BCUT2D eigenvalue weighted by atomic mass is 10.2. The Kier molecular flexibility index (Phi) is 11.0. The lowest BCUT2D eigenvalue weighted by molar-refractivity contribution is 0.302. The van der Waals surface area contributed by atoms with Crippen molar-refractivity contribution in [3.8, 4) is 11.4 Å². The summed E-state index contributed by atoms with van der Waals surface area (Å²) in [5.74, 6) is 1.65. The van der Waals surface area contributed by atoms with Crippen LogP contribution in [0.25, 0.3) is 5.69 Å². The first kappa shape index (κ1) is 27.6. The zero-order valence-corrected chi connectivity index (χ0v) is 22.4. The van der Waals surface area contributed by atoms with Crippen molar-refractivity contribution in [2.75, 3.05) is 12.3 Å².